The van der Waals surface area contributed by atoms with Crippen molar-refractivity contribution < 1.29 is 5.11 Å². The summed E-state index contributed by atoms with van der Waals surface area (Å²) in [6, 6.07) is 9.67. The van der Waals surface area contributed by atoms with Crippen LogP contribution >= 0.6 is 0 Å². The van der Waals surface area contributed by atoms with Gasteiger partial charge in [0.1, 0.15) is 0 Å². The lowest BCUT2D eigenvalue weighted by molar-refractivity contribution is 0.207. The smallest absolute Gasteiger partial charge is 0.276 e. The molecule has 118 valence electrons. The summed E-state index contributed by atoms with van der Waals surface area (Å²) >= 11 is 0. The topological polar surface area (TPSA) is 59.2 Å². The Morgan fingerprint density at radius 3 is 2.55 bits per heavy atom. The molecule has 0 unspecified atom stereocenters. The largest absolute Gasteiger partial charge is 0.396 e. The third-order valence-electron chi connectivity index (χ3n) is 4.77. The van der Waals surface area contributed by atoms with E-state index in [0.29, 0.717) is 6.54 Å². The van der Waals surface area contributed by atoms with Crippen molar-refractivity contribution in [2.45, 2.75) is 26.3 Å². The summed E-state index contributed by atoms with van der Waals surface area (Å²) in [6.45, 7) is 3.50. The van der Waals surface area contributed by atoms with Crippen molar-refractivity contribution in [1.29, 1.82) is 0 Å². The van der Waals surface area contributed by atoms with Crippen LogP contribution in [-0.2, 0) is 13.6 Å². The molecule has 1 aliphatic rings. The van der Waals surface area contributed by atoms with Crippen LogP contribution in [0.25, 0.3) is 5.69 Å². The highest BCUT2D eigenvalue weighted by molar-refractivity contribution is 5.33. The monoisotopic (exact) mass is 301 g/mol. The van der Waals surface area contributed by atoms with Gasteiger partial charge in [0, 0.05) is 37.9 Å². The number of hydrogen-bond donors (Lipinski definition) is 2. The molecule has 1 saturated carbocycles. The maximum Gasteiger partial charge on any atom is 0.276 e. The Morgan fingerprint density at radius 1 is 1.27 bits per heavy atom. The van der Waals surface area contributed by atoms with E-state index in [4.69, 9.17) is 0 Å². The SMILES string of the molecule is Cc1c(CNCC2(CO)CC2)c(=O)n(-c2ccccc2)n1C. The molecule has 0 aliphatic heterocycles. The Balaban J connectivity index is 1.82. The first-order valence-electron chi connectivity index (χ1n) is 7.72. The van der Waals surface area contributed by atoms with E-state index >= 15 is 0 Å². The van der Waals surface area contributed by atoms with Crippen LogP contribution in [0.2, 0.25) is 0 Å². The molecule has 2 N–H and O–H groups in total. The van der Waals surface area contributed by atoms with Crippen molar-refractivity contribution in [3.63, 3.8) is 0 Å². The number of para-hydroxylation sites is 1. The normalized spacial score (nSPS) is 16.0. The van der Waals surface area contributed by atoms with Crippen LogP contribution in [0.5, 0.6) is 0 Å². The highest BCUT2D eigenvalue weighted by Crippen LogP contribution is 2.44. The second-order valence-corrected chi connectivity index (χ2v) is 6.30. The summed E-state index contributed by atoms with van der Waals surface area (Å²) in [5, 5.41) is 12.7. The third-order valence-corrected chi connectivity index (χ3v) is 4.77. The van der Waals surface area contributed by atoms with Crippen molar-refractivity contribution >= 4 is 0 Å². The van der Waals surface area contributed by atoms with E-state index in [1.54, 1.807) is 4.68 Å². The minimum atomic E-state index is 0.0209. The molecule has 0 radical (unpaired) electrons. The fourth-order valence-electron chi connectivity index (χ4n) is 2.85. The summed E-state index contributed by atoms with van der Waals surface area (Å²) in [4.78, 5) is 12.7. The van der Waals surface area contributed by atoms with Crippen molar-refractivity contribution in [1.82, 2.24) is 14.7 Å². The fourth-order valence-corrected chi connectivity index (χ4v) is 2.85. The maximum absolute atomic E-state index is 12.7. The van der Waals surface area contributed by atoms with E-state index < -0.39 is 0 Å². The van der Waals surface area contributed by atoms with Gasteiger partial charge in [0.05, 0.1) is 11.3 Å². The van der Waals surface area contributed by atoms with Crippen molar-refractivity contribution in [3.05, 3.63) is 51.9 Å². The molecule has 0 saturated heterocycles. The molecule has 2 aromatic rings. The van der Waals surface area contributed by atoms with Gasteiger partial charge in [-0.15, -0.1) is 0 Å². The van der Waals surface area contributed by atoms with Gasteiger partial charge in [0.15, 0.2) is 0 Å². The third kappa shape index (κ3) is 2.62. The Hall–Kier alpha value is -1.85. The predicted octanol–water partition coefficient (Wildman–Crippen LogP) is 1.35. The number of hydrogen-bond acceptors (Lipinski definition) is 3. The van der Waals surface area contributed by atoms with Crippen LogP contribution in [0.4, 0.5) is 0 Å². The van der Waals surface area contributed by atoms with Crippen LogP contribution in [-0.4, -0.2) is 27.6 Å². The first-order chi connectivity index (χ1) is 10.6. The summed E-state index contributed by atoms with van der Waals surface area (Å²) in [6.07, 6.45) is 2.14. The molecule has 0 spiro atoms. The molecule has 3 rings (SSSR count). The first-order valence-corrected chi connectivity index (χ1v) is 7.72. The van der Waals surface area contributed by atoms with E-state index in [1.807, 2.05) is 49.0 Å². The van der Waals surface area contributed by atoms with E-state index in [9.17, 15) is 9.90 Å². The molecule has 22 heavy (non-hydrogen) atoms. The van der Waals surface area contributed by atoms with Crippen molar-refractivity contribution in [2.75, 3.05) is 13.2 Å². The number of nitrogens with one attached hydrogen (secondary N) is 1. The van der Waals surface area contributed by atoms with Crippen molar-refractivity contribution in [3.8, 4) is 5.69 Å². The van der Waals surface area contributed by atoms with Gasteiger partial charge < -0.3 is 10.4 Å². The second kappa shape index (κ2) is 5.74. The second-order valence-electron chi connectivity index (χ2n) is 6.30. The summed E-state index contributed by atoms with van der Waals surface area (Å²) in [5.74, 6) is 0. The summed E-state index contributed by atoms with van der Waals surface area (Å²) < 4.78 is 3.60. The zero-order valence-electron chi connectivity index (χ0n) is 13.2. The van der Waals surface area contributed by atoms with Gasteiger partial charge in [0.25, 0.3) is 5.56 Å². The van der Waals surface area contributed by atoms with Crippen LogP contribution in [0.15, 0.2) is 35.1 Å². The Kier molecular flexibility index (Phi) is 3.93. The van der Waals surface area contributed by atoms with Gasteiger partial charge in [0.2, 0.25) is 0 Å². The first kappa shape index (κ1) is 15.1. The fraction of sp³-hybridized carbons (Fsp3) is 0.471. The molecule has 5 heteroatoms. The standard InChI is InChI=1S/C17H23N3O2/c1-13-15(10-18-11-17(12-21)8-9-17)16(22)20(19(13)2)14-6-4-3-5-7-14/h3-7,18,21H,8-12H2,1-2H3. The van der Waals surface area contributed by atoms with Gasteiger partial charge in [-0.1, -0.05) is 18.2 Å². The average Bonchev–Trinajstić information content (AvgIpc) is 3.28. The number of benzene rings is 1. The van der Waals surface area contributed by atoms with E-state index in [1.165, 1.54) is 0 Å². The molecule has 0 atom stereocenters. The lowest BCUT2D eigenvalue weighted by Crippen LogP contribution is -2.29. The van der Waals surface area contributed by atoms with Gasteiger partial charge in [-0.05, 0) is 31.9 Å². The number of rotatable bonds is 6. The maximum atomic E-state index is 12.7. The summed E-state index contributed by atoms with van der Waals surface area (Å²) in [7, 11) is 1.91. The van der Waals surface area contributed by atoms with Gasteiger partial charge in [-0.25, -0.2) is 4.68 Å². The Labute approximate surface area is 130 Å². The lowest BCUT2D eigenvalue weighted by atomic mass is 10.1. The Bertz CT molecular complexity index is 711. The molecule has 1 aromatic heterocycles. The molecule has 1 heterocycles. The molecule has 1 aliphatic carbocycles. The minimum Gasteiger partial charge on any atom is -0.396 e. The summed E-state index contributed by atoms with van der Waals surface area (Å²) in [5.41, 5.74) is 2.71. The highest BCUT2D eigenvalue weighted by atomic mass is 16.3. The highest BCUT2D eigenvalue weighted by Gasteiger charge is 2.41. The Morgan fingerprint density at radius 2 is 1.95 bits per heavy atom. The molecular weight excluding hydrogens is 278 g/mol. The number of aliphatic hydroxyl groups excluding tert-OH is 1. The molecule has 5 nitrogen and oxygen atoms in total. The lowest BCUT2D eigenvalue weighted by Gasteiger charge is -2.12. The van der Waals surface area contributed by atoms with Crippen LogP contribution in [0.1, 0.15) is 24.1 Å². The number of aromatic nitrogens is 2. The van der Waals surface area contributed by atoms with E-state index in [-0.39, 0.29) is 17.6 Å². The number of aliphatic hydroxyl groups is 1. The van der Waals surface area contributed by atoms with Crippen LogP contribution in [0, 0.1) is 12.3 Å². The number of nitrogens with zero attached hydrogens (tertiary/aromatic N) is 2. The molecule has 0 bridgehead atoms. The molecule has 0 amide bonds. The average molecular weight is 301 g/mol. The molecule has 1 fully saturated rings. The van der Waals surface area contributed by atoms with Crippen LogP contribution < -0.4 is 10.9 Å². The van der Waals surface area contributed by atoms with Gasteiger partial charge in [-0.2, -0.15) is 0 Å². The quantitative estimate of drug-likeness (QED) is 0.846. The zero-order valence-corrected chi connectivity index (χ0v) is 13.2. The van der Waals surface area contributed by atoms with Gasteiger partial charge in [-0.3, -0.25) is 9.48 Å². The molecular formula is C17H23N3O2. The van der Waals surface area contributed by atoms with Gasteiger partial charge >= 0.3 is 0 Å². The van der Waals surface area contributed by atoms with Crippen molar-refractivity contribution in [2.24, 2.45) is 12.5 Å². The van der Waals surface area contributed by atoms with Crippen LogP contribution in [0.3, 0.4) is 0 Å². The minimum absolute atomic E-state index is 0.0209. The van der Waals surface area contributed by atoms with E-state index in [2.05, 4.69) is 5.32 Å². The molecule has 1 aromatic carbocycles. The van der Waals surface area contributed by atoms with E-state index in [0.717, 1.165) is 36.3 Å². The predicted molar refractivity (Wildman–Crippen MR) is 86.2 cm³/mol. The zero-order chi connectivity index (χ0) is 15.7.